The fourth-order valence-corrected chi connectivity index (χ4v) is 4.60. The average molecular weight is 712 g/mol. The first-order valence-corrected chi connectivity index (χ1v) is 16.7. The molecule has 1 saturated heterocycles. The van der Waals surface area contributed by atoms with E-state index in [1.54, 1.807) is 48.5 Å². The zero-order valence-electron chi connectivity index (χ0n) is 29.0. The Bertz CT molecular complexity index is 1390. The van der Waals surface area contributed by atoms with Crippen molar-refractivity contribution in [2.24, 2.45) is 10.8 Å². The smallest absolute Gasteiger partial charge is 0.308 e. The van der Waals surface area contributed by atoms with Gasteiger partial charge < -0.3 is 41.2 Å². The summed E-state index contributed by atoms with van der Waals surface area (Å²) in [6.07, 6.45) is -1.03. The van der Waals surface area contributed by atoms with Crippen molar-refractivity contribution in [1.29, 1.82) is 0 Å². The molecule has 1 fully saturated rings. The van der Waals surface area contributed by atoms with Crippen LogP contribution in [-0.2, 0) is 51.4 Å². The number of nitrogens with two attached hydrogens (primary N) is 1. The Morgan fingerprint density at radius 3 is 1.92 bits per heavy atom. The highest BCUT2D eigenvalue weighted by Crippen LogP contribution is 2.07. The Balaban J connectivity index is 0.000000865. The zero-order valence-corrected chi connectivity index (χ0v) is 29.0. The molecule has 1 aliphatic heterocycles. The van der Waals surface area contributed by atoms with Gasteiger partial charge in [0.05, 0.1) is 26.1 Å². The largest absolute Gasteiger partial charge is 0.461 e. The summed E-state index contributed by atoms with van der Waals surface area (Å²) in [5.41, 5.74) is 15.1. The fraction of sp³-hybridized carbons (Fsp3) is 0.500. The summed E-state index contributed by atoms with van der Waals surface area (Å²) in [4.78, 5) is 67.8. The van der Waals surface area contributed by atoms with E-state index >= 15 is 0 Å². The van der Waals surface area contributed by atoms with Gasteiger partial charge in [-0.15, -0.1) is 0 Å². The molecule has 2 atom stereocenters. The molecule has 0 aliphatic carbocycles. The fourth-order valence-electron chi connectivity index (χ4n) is 4.60. The third-order valence-corrected chi connectivity index (χ3v) is 7.15. The summed E-state index contributed by atoms with van der Waals surface area (Å²) in [7, 11) is 0. The van der Waals surface area contributed by atoms with Crippen LogP contribution >= 0.6 is 0 Å². The first-order chi connectivity index (χ1) is 24.7. The van der Waals surface area contributed by atoms with Gasteiger partial charge in [0.25, 0.3) is 0 Å². The van der Waals surface area contributed by atoms with E-state index in [4.69, 9.17) is 25.5 Å². The Hall–Kier alpha value is -5.06. The van der Waals surface area contributed by atoms with E-state index < -0.39 is 54.6 Å². The quantitative estimate of drug-likeness (QED) is 0.0418. The van der Waals surface area contributed by atoms with Crippen LogP contribution in [0.25, 0.3) is 10.4 Å². The molecule has 0 saturated carbocycles. The van der Waals surface area contributed by atoms with E-state index in [2.05, 4.69) is 36.2 Å². The molecule has 1 aliphatic rings. The minimum Gasteiger partial charge on any atom is -0.461 e. The molecule has 0 radical (unpaired) electrons. The molecule has 0 aromatic heterocycles. The van der Waals surface area contributed by atoms with Crippen molar-refractivity contribution in [3.8, 4) is 0 Å². The Kier molecular flexibility index (Phi) is 21.3. The number of rotatable bonds is 20. The van der Waals surface area contributed by atoms with E-state index in [0.29, 0.717) is 0 Å². The van der Waals surface area contributed by atoms with Crippen molar-refractivity contribution in [3.63, 3.8) is 0 Å². The summed E-state index contributed by atoms with van der Waals surface area (Å²) >= 11 is 0. The normalized spacial score (nSPS) is 13.5. The molecule has 0 unspecified atom stereocenters. The van der Waals surface area contributed by atoms with E-state index in [-0.39, 0.29) is 39.5 Å². The zero-order chi connectivity index (χ0) is 37.1. The van der Waals surface area contributed by atoms with Crippen LogP contribution < -0.4 is 27.0 Å². The number of nitrogens with one attached hydrogen (secondary N) is 4. The SMILES string of the molecule is CC(=O)N[C@H](CC(=O)OCc1ccccc1)C(=O)N[C@@H](CC(=O)OCc1ccccc1)C(=O)NCCOCCN=[N+]=[N-].NCCN1CCNCC1. The Morgan fingerprint density at radius 1 is 0.863 bits per heavy atom. The third kappa shape index (κ3) is 19.6. The molecule has 1 heterocycles. The predicted octanol–water partition coefficient (Wildman–Crippen LogP) is 0.536. The Morgan fingerprint density at radius 2 is 1.41 bits per heavy atom. The number of azide groups is 1. The van der Waals surface area contributed by atoms with Gasteiger partial charge in [-0.2, -0.15) is 0 Å². The number of hydrogen-bond donors (Lipinski definition) is 5. The molecule has 0 spiro atoms. The minimum atomic E-state index is -1.39. The lowest BCUT2D eigenvalue weighted by molar-refractivity contribution is -0.149. The second-order valence-electron chi connectivity index (χ2n) is 11.3. The number of hydrogen-bond acceptors (Lipinski definition) is 12. The molecule has 17 nitrogen and oxygen atoms in total. The average Bonchev–Trinajstić information content (AvgIpc) is 3.13. The van der Waals surface area contributed by atoms with Crippen LogP contribution in [0.5, 0.6) is 0 Å². The van der Waals surface area contributed by atoms with Crippen molar-refractivity contribution in [3.05, 3.63) is 82.2 Å². The molecule has 17 heteroatoms. The summed E-state index contributed by atoms with van der Waals surface area (Å²) in [5.74, 6) is -3.69. The van der Waals surface area contributed by atoms with Gasteiger partial charge in [-0.05, 0) is 16.7 Å². The number of ether oxygens (including phenoxy) is 3. The van der Waals surface area contributed by atoms with Crippen LogP contribution in [0.15, 0.2) is 65.8 Å². The molecule has 6 N–H and O–H groups in total. The molecular formula is C34H49N9O8. The van der Waals surface area contributed by atoms with E-state index in [1.165, 1.54) is 6.92 Å². The minimum absolute atomic E-state index is 0.0292. The second-order valence-corrected chi connectivity index (χ2v) is 11.3. The lowest BCUT2D eigenvalue weighted by atomic mass is 10.1. The van der Waals surface area contributed by atoms with Crippen molar-refractivity contribution in [2.75, 3.05) is 65.6 Å². The van der Waals surface area contributed by atoms with Crippen LogP contribution in [0.1, 0.15) is 30.9 Å². The van der Waals surface area contributed by atoms with Gasteiger partial charge in [0.2, 0.25) is 17.7 Å². The maximum atomic E-state index is 13.1. The second kappa shape index (κ2) is 25.8. The highest BCUT2D eigenvalue weighted by atomic mass is 16.5. The highest BCUT2D eigenvalue weighted by molar-refractivity contribution is 5.95. The van der Waals surface area contributed by atoms with Crippen molar-refractivity contribution in [2.45, 2.75) is 45.1 Å². The van der Waals surface area contributed by atoms with Crippen molar-refractivity contribution in [1.82, 2.24) is 26.2 Å². The summed E-state index contributed by atoms with van der Waals surface area (Å²) in [6, 6.07) is 15.0. The summed E-state index contributed by atoms with van der Waals surface area (Å²) < 4.78 is 15.7. The number of carbonyl (C=O) groups is 5. The topological polar surface area (TPSA) is 239 Å². The van der Waals surface area contributed by atoms with Crippen LogP contribution in [0.4, 0.5) is 0 Å². The van der Waals surface area contributed by atoms with E-state index in [1.807, 2.05) is 12.1 Å². The Labute approximate surface area is 297 Å². The van der Waals surface area contributed by atoms with Crippen molar-refractivity contribution < 1.29 is 38.2 Å². The van der Waals surface area contributed by atoms with E-state index in [9.17, 15) is 24.0 Å². The summed E-state index contributed by atoms with van der Waals surface area (Å²) in [5, 5.41) is 14.0. The molecule has 3 amide bonds. The van der Waals surface area contributed by atoms with Crippen LogP contribution in [0, 0.1) is 0 Å². The van der Waals surface area contributed by atoms with E-state index in [0.717, 1.165) is 50.4 Å². The van der Waals surface area contributed by atoms with Gasteiger partial charge in [0.1, 0.15) is 25.3 Å². The third-order valence-electron chi connectivity index (χ3n) is 7.15. The van der Waals surface area contributed by atoms with Crippen LogP contribution in [-0.4, -0.2) is 112 Å². The number of nitrogens with zero attached hydrogens (tertiary/aromatic N) is 4. The first kappa shape index (κ1) is 42.1. The standard InChI is InChI=1S/C28H34N6O8.C6H15N3/c1-20(35)32-24(17-26(37)42-19-22-10-6-3-7-11-22)28(39)33-23(27(38)30-12-14-40-15-13-31-34-29)16-25(36)41-18-21-8-4-2-5-9-21;7-1-4-9-5-2-8-3-6-9/h2-11,23-24H,12-19H2,1H3,(H,30,38)(H,32,35)(H,33,39);8H,1-7H2/t23-,24+;/m0./s1. The van der Waals surface area contributed by atoms with Gasteiger partial charge in [-0.25, -0.2) is 0 Å². The lowest BCUT2D eigenvalue weighted by Crippen LogP contribution is -2.55. The number of amides is 3. The molecular weight excluding hydrogens is 662 g/mol. The first-order valence-electron chi connectivity index (χ1n) is 16.7. The maximum Gasteiger partial charge on any atom is 0.308 e. The number of piperazine rings is 1. The molecule has 2 aromatic carbocycles. The molecule has 0 bridgehead atoms. The van der Waals surface area contributed by atoms with Gasteiger partial charge >= 0.3 is 11.9 Å². The predicted molar refractivity (Wildman–Crippen MR) is 187 cm³/mol. The monoisotopic (exact) mass is 711 g/mol. The lowest BCUT2D eigenvalue weighted by Gasteiger charge is -2.26. The molecule has 278 valence electrons. The number of benzene rings is 2. The van der Waals surface area contributed by atoms with Gasteiger partial charge in [0.15, 0.2) is 0 Å². The maximum absolute atomic E-state index is 13.1. The molecule has 51 heavy (non-hydrogen) atoms. The summed E-state index contributed by atoms with van der Waals surface area (Å²) in [6.45, 7) is 7.90. The highest BCUT2D eigenvalue weighted by Gasteiger charge is 2.30. The van der Waals surface area contributed by atoms with Crippen LogP contribution in [0.2, 0.25) is 0 Å². The molecule has 2 aromatic rings. The number of esters is 2. The van der Waals surface area contributed by atoms with Gasteiger partial charge in [-0.3, -0.25) is 28.9 Å². The molecule has 3 rings (SSSR count). The van der Waals surface area contributed by atoms with Crippen LogP contribution in [0.3, 0.4) is 0 Å². The number of carbonyl (C=O) groups excluding carboxylic acids is 5. The van der Waals surface area contributed by atoms with Crippen molar-refractivity contribution >= 4 is 29.7 Å². The van der Waals surface area contributed by atoms with Gasteiger partial charge in [0, 0.05) is 64.2 Å². The van der Waals surface area contributed by atoms with Gasteiger partial charge in [-0.1, -0.05) is 65.8 Å².